The van der Waals surface area contributed by atoms with Gasteiger partial charge < -0.3 is 15.5 Å². The minimum absolute atomic E-state index is 0.258. The normalized spacial score (nSPS) is 25.3. The average molecular weight is 267 g/mol. The van der Waals surface area contributed by atoms with Gasteiger partial charge in [-0.15, -0.1) is 0 Å². The molecule has 2 rings (SSSR count). The first-order valence-electron chi connectivity index (χ1n) is 7.92. The maximum Gasteiger partial charge on any atom is 0.223 e. The molecule has 2 aliphatic rings. The lowest BCUT2D eigenvalue weighted by Crippen LogP contribution is -2.38. The van der Waals surface area contributed by atoms with Crippen LogP contribution in [0.1, 0.15) is 46.0 Å². The quantitative estimate of drug-likeness (QED) is 0.714. The van der Waals surface area contributed by atoms with Gasteiger partial charge in [-0.1, -0.05) is 0 Å². The molecule has 0 aromatic heterocycles. The highest BCUT2D eigenvalue weighted by atomic mass is 16.2. The molecule has 1 heterocycles. The Balaban J connectivity index is 1.56. The van der Waals surface area contributed by atoms with Crippen LogP contribution in [-0.4, -0.2) is 49.1 Å². The van der Waals surface area contributed by atoms with E-state index in [0.717, 1.165) is 25.9 Å². The molecule has 0 bridgehead atoms. The van der Waals surface area contributed by atoms with E-state index in [9.17, 15) is 4.79 Å². The van der Waals surface area contributed by atoms with E-state index in [2.05, 4.69) is 29.4 Å². The van der Waals surface area contributed by atoms with Crippen LogP contribution in [0.3, 0.4) is 0 Å². The lowest BCUT2D eigenvalue weighted by atomic mass is 10.1. The fraction of sp³-hybridized carbons (Fsp3) is 0.933. The molecule has 1 amide bonds. The standard InChI is InChI=1S/C15H29N3O/c1-12(2)18-10-3-4-14(7-11-18)16-8-9-17-15(19)13-5-6-13/h12-14,16H,3-11H2,1-2H3,(H,17,19). The van der Waals surface area contributed by atoms with Gasteiger partial charge in [-0.2, -0.15) is 0 Å². The van der Waals surface area contributed by atoms with Gasteiger partial charge in [-0.3, -0.25) is 4.79 Å². The molecule has 0 radical (unpaired) electrons. The Morgan fingerprint density at radius 1 is 1.16 bits per heavy atom. The minimum Gasteiger partial charge on any atom is -0.355 e. The Hall–Kier alpha value is -0.610. The van der Waals surface area contributed by atoms with E-state index < -0.39 is 0 Å². The van der Waals surface area contributed by atoms with E-state index in [4.69, 9.17) is 0 Å². The number of likely N-dealkylation sites (tertiary alicyclic amines) is 1. The summed E-state index contributed by atoms with van der Waals surface area (Å²) < 4.78 is 0. The zero-order chi connectivity index (χ0) is 13.7. The summed E-state index contributed by atoms with van der Waals surface area (Å²) in [6.45, 7) is 8.67. The Bertz CT molecular complexity index is 289. The summed E-state index contributed by atoms with van der Waals surface area (Å²) in [5.41, 5.74) is 0. The van der Waals surface area contributed by atoms with Gasteiger partial charge in [-0.05, 0) is 59.0 Å². The van der Waals surface area contributed by atoms with Crippen molar-refractivity contribution in [2.75, 3.05) is 26.2 Å². The van der Waals surface area contributed by atoms with Gasteiger partial charge in [0, 0.05) is 31.1 Å². The lowest BCUT2D eigenvalue weighted by Gasteiger charge is -2.24. The highest BCUT2D eigenvalue weighted by Crippen LogP contribution is 2.28. The van der Waals surface area contributed by atoms with Crippen molar-refractivity contribution in [1.29, 1.82) is 0 Å². The van der Waals surface area contributed by atoms with Crippen molar-refractivity contribution in [3.63, 3.8) is 0 Å². The van der Waals surface area contributed by atoms with Crippen LogP contribution in [0.15, 0.2) is 0 Å². The molecular weight excluding hydrogens is 238 g/mol. The predicted molar refractivity (Wildman–Crippen MR) is 78.1 cm³/mol. The summed E-state index contributed by atoms with van der Waals surface area (Å²) in [6.07, 6.45) is 5.96. The Kier molecular flexibility index (Phi) is 5.64. The van der Waals surface area contributed by atoms with Crippen molar-refractivity contribution in [2.45, 2.75) is 58.0 Å². The first-order valence-corrected chi connectivity index (χ1v) is 7.92. The van der Waals surface area contributed by atoms with Crippen molar-refractivity contribution in [1.82, 2.24) is 15.5 Å². The number of carbonyl (C=O) groups excluding carboxylic acids is 1. The van der Waals surface area contributed by atoms with Gasteiger partial charge in [0.25, 0.3) is 0 Å². The van der Waals surface area contributed by atoms with Gasteiger partial charge in [0.15, 0.2) is 0 Å². The fourth-order valence-corrected chi connectivity index (χ4v) is 2.79. The van der Waals surface area contributed by atoms with E-state index in [1.54, 1.807) is 0 Å². The van der Waals surface area contributed by atoms with Crippen LogP contribution in [0.2, 0.25) is 0 Å². The first-order chi connectivity index (χ1) is 9.16. The Morgan fingerprint density at radius 3 is 2.63 bits per heavy atom. The zero-order valence-electron chi connectivity index (χ0n) is 12.5. The molecule has 2 fully saturated rings. The minimum atomic E-state index is 0.258. The smallest absolute Gasteiger partial charge is 0.223 e. The molecule has 1 saturated carbocycles. The Morgan fingerprint density at radius 2 is 1.95 bits per heavy atom. The summed E-state index contributed by atoms with van der Waals surface area (Å²) in [4.78, 5) is 14.0. The number of nitrogens with one attached hydrogen (secondary N) is 2. The second-order valence-corrected chi connectivity index (χ2v) is 6.28. The number of nitrogens with zero attached hydrogens (tertiary/aromatic N) is 1. The van der Waals surface area contributed by atoms with Crippen molar-refractivity contribution in [3.05, 3.63) is 0 Å². The van der Waals surface area contributed by atoms with Crippen molar-refractivity contribution >= 4 is 5.91 Å². The predicted octanol–water partition coefficient (Wildman–Crippen LogP) is 1.37. The first kappa shape index (κ1) is 14.8. The molecule has 110 valence electrons. The molecule has 1 aliphatic heterocycles. The van der Waals surface area contributed by atoms with Gasteiger partial charge in [0.1, 0.15) is 0 Å². The van der Waals surface area contributed by atoms with Crippen LogP contribution in [0.5, 0.6) is 0 Å². The maximum absolute atomic E-state index is 11.5. The molecule has 0 aromatic rings. The maximum atomic E-state index is 11.5. The summed E-state index contributed by atoms with van der Waals surface area (Å²) in [5, 5.41) is 6.61. The van der Waals surface area contributed by atoms with Crippen molar-refractivity contribution < 1.29 is 4.79 Å². The van der Waals surface area contributed by atoms with E-state index >= 15 is 0 Å². The number of hydrogen-bond acceptors (Lipinski definition) is 3. The summed E-state index contributed by atoms with van der Waals surface area (Å²) in [5.74, 6) is 0.589. The molecule has 1 saturated heterocycles. The lowest BCUT2D eigenvalue weighted by molar-refractivity contribution is -0.122. The molecule has 1 aliphatic carbocycles. The molecule has 2 N–H and O–H groups in total. The molecule has 0 spiro atoms. The number of amides is 1. The van der Waals surface area contributed by atoms with Crippen molar-refractivity contribution in [3.8, 4) is 0 Å². The number of rotatable bonds is 6. The molecular formula is C15H29N3O. The van der Waals surface area contributed by atoms with Gasteiger partial charge in [0.2, 0.25) is 5.91 Å². The summed E-state index contributed by atoms with van der Waals surface area (Å²) >= 11 is 0. The van der Waals surface area contributed by atoms with Crippen LogP contribution in [0.4, 0.5) is 0 Å². The average Bonchev–Trinajstić information content (AvgIpc) is 3.20. The molecule has 4 heteroatoms. The van der Waals surface area contributed by atoms with E-state index in [1.165, 1.54) is 32.4 Å². The van der Waals surface area contributed by atoms with Crippen LogP contribution in [0, 0.1) is 5.92 Å². The highest BCUT2D eigenvalue weighted by Gasteiger charge is 2.29. The summed E-state index contributed by atoms with van der Waals surface area (Å²) in [6, 6.07) is 1.29. The second-order valence-electron chi connectivity index (χ2n) is 6.28. The summed E-state index contributed by atoms with van der Waals surface area (Å²) in [7, 11) is 0. The zero-order valence-corrected chi connectivity index (χ0v) is 12.5. The van der Waals surface area contributed by atoms with Crippen LogP contribution < -0.4 is 10.6 Å². The van der Waals surface area contributed by atoms with Crippen LogP contribution in [-0.2, 0) is 4.79 Å². The van der Waals surface area contributed by atoms with E-state index in [1.807, 2.05) is 0 Å². The Labute approximate surface area is 117 Å². The van der Waals surface area contributed by atoms with Gasteiger partial charge in [-0.25, -0.2) is 0 Å². The highest BCUT2D eigenvalue weighted by molar-refractivity contribution is 5.80. The van der Waals surface area contributed by atoms with Crippen LogP contribution >= 0.6 is 0 Å². The fourth-order valence-electron chi connectivity index (χ4n) is 2.79. The molecule has 4 nitrogen and oxygen atoms in total. The molecule has 1 unspecified atom stereocenters. The van der Waals surface area contributed by atoms with Crippen LogP contribution in [0.25, 0.3) is 0 Å². The SMILES string of the molecule is CC(C)N1CCCC(NCCNC(=O)C2CC2)CC1. The van der Waals surface area contributed by atoms with E-state index in [-0.39, 0.29) is 5.91 Å². The third-order valence-electron chi connectivity index (χ3n) is 4.30. The number of hydrogen-bond donors (Lipinski definition) is 2. The second kappa shape index (κ2) is 7.25. The van der Waals surface area contributed by atoms with Gasteiger partial charge >= 0.3 is 0 Å². The van der Waals surface area contributed by atoms with E-state index in [0.29, 0.717) is 18.0 Å². The monoisotopic (exact) mass is 267 g/mol. The molecule has 0 aromatic carbocycles. The topological polar surface area (TPSA) is 44.4 Å². The van der Waals surface area contributed by atoms with Gasteiger partial charge in [0.05, 0.1) is 0 Å². The number of carbonyl (C=O) groups is 1. The third-order valence-corrected chi connectivity index (χ3v) is 4.30. The third kappa shape index (κ3) is 5.11. The largest absolute Gasteiger partial charge is 0.355 e. The molecule has 1 atom stereocenters. The van der Waals surface area contributed by atoms with Crippen molar-refractivity contribution in [2.24, 2.45) is 5.92 Å². The molecule has 19 heavy (non-hydrogen) atoms.